The minimum atomic E-state index is -0.0305. The number of pyridine rings is 1. The summed E-state index contributed by atoms with van der Waals surface area (Å²) in [5.41, 5.74) is 2.76. The number of amides is 1. The van der Waals surface area contributed by atoms with Gasteiger partial charge in [-0.25, -0.2) is 0 Å². The third-order valence-corrected chi connectivity index (χ3v) is 4.74. The summed E-state index contributed by atoms with van der Waals surface area (Å²) in [5.74, 6) is -0.0305. The fourth-order valence-corrected chi connectivity index (χ4v) is 3.29. The third kappa shape index (κ3) is 4.61. The van der Waals surface area contributed by atoms with E-state index in [0.29, 0.717) is 13.2 Å². The number of nitrogens with one attached hydrogen (secondary N) is 1. The molecule has 2 heterocycles. The summed E-state index contributed by atoms with van der Waals surface area (Å²) in [6, 6.07) is 11.8. The van der Waals surface area contributed by atoms with E-state index in [1.165, 1.54) is 0 Å². The fraction of sp³-hybridized carbons (Fsp3) is 0.429. The first kappa shape index (κ1) is 18.4. The zero-order valence-corrected chi connectivity index (χ0v) is 15.4. The van der Waals surface area contributed by atoms with Crippen LogP contribution >= 0.6 is 0 Å². The molecule has 1 aliphatic rings. The number of hydrogen-bond donors (Lipinski definition) is 1. The van der Waals surface area contributed by atoms with Crippen LogP contribution in [0.1, 0.15) is 48.1 Å². The van der Waals surface area contributed by atoms with Crippen LogP contribution in [-0.2, 0) is 4.74 Å². The molecule has 1 aliphatic heterocycles. The maximum Gasteiger partial charge on any atom is 0.253 e. The summed E-state index contributed by atoms with van der Waals surface area (Å²) in [7, 11) is 0. The van der Waals surface area contributed by atoms with Crippen LogP contribution < -0.4 is 10.2 Å². The molecular weight excluding hydrogens is 326 g/mol. The molecule has 1 fully saturated rings. The number of rotatable bonds is 7. The van der Waals surface area contributed by atoms with Gasteiger partial charge in [-0.3, -0.25) is 9.78 Å². The minimum absolute atomic E-state index is 0.0195. The number of ether oxygens (including phenoxy) is 1. The molecule has 1 N–H and O–H groups in total. The van der Waals surface area contributed by atoms with Crippen molar-refractivity contribution in [1.82, 2.24) is 10.3 Å². The number of para-hydroxylation sites is 1. The molecule has 0 bridgehead atoms. The smallest absolute Gasteiger partial charge is 0.253 e. The Balaban J connectivity index is 1.79. The number of carbonyl (C=O) groups is 1. The second-order valence-corrected chi connectivity index (χ2v) is 6.57. The first-order valence-corrected chi connectivity index (χ1v) is 9.42. The number of hydrogen-bond acceptors (Lipinski definition) is 4. The summed E-state index contributed by atoms with van der Waals surface area (Å²) in [4.78, 5) is 19.5. The largest absolute Gasteiger partial charge is 0.378 e. The van der Waals surface area contributed by atoms with Crippen molar-refractivity contribution in [2.24, 2.45) is 0 Å². The lowest BCUT2D eigenvalue weighted by molar-refractivity contribution is 0.0932. The summed E-state index contributed by atoms with van der Waals surface area (Å²) in [5, 5.41) is 3.23. The van der Waals surface area contributed by atoms with Crippen LogP contribution in [-0.4, -0.2) is 37.2 Å². The van der Waals surface area contributed by atoms with E-state index in [0.717, 1.165) is 49.2 Å². The predicted molar refractivity (Wildman–Crippen MR) is 103 cm³/mol. The molecule has 0 aliphatic carbocycles. The molecule has 26 heavy (non-hydrogen) atoms. The van der Waals surface area contributed by atoms with Crippen molar-refractivity contribution in [1.29, 1.82) is 0 Å². The molecule has 0 radical (unpaired) electrons. The van der Waals surface area contributed by atoms with Crippen molar-refractivity contribution in [2.75, 3.05) is 31.2 Å². The van der Waals surface area contributed by atoms with Crippen molar-refractivity contribution in [3.8, 4) is 0 Å². The van der Waals surface area contributed by atoms with Crippen molar-refractivity contribution in [3.05, 3.63) is 59.9 Å². The lowest BCUT2D eigenvalue weighted by atomic mass is 10.0. The summed E-state index contributed by atoms with van der Waals surface area (Å²) < 4.78 is 5.44. The van der Waals surface area contributed by atoms with E-state index in [1.807, 2.05) is 42.6 Å². The Hall–Kier alpha value is -2.40. The van der Waals surface area contributed by atoms with Gasteiger partial charge in [0.15, 0.2) is 0 Å². The van der Waals surface area contributed by atoms with Gasteiger partial charge in [-0.05, 0) is 30.2 Å². The average molecular weight is 353 g/mol. The van der Waals surface area contributed by atoms with Crippen molar-refractivity contribution in [2.45, 2.75) is 32.2 Å². The molecule has 5 nitrogen and oxygen atoms in total. The minimum Gasteiger partial charge on any atom is -0.378 e. The number of aromatic nitrogens is 1. The lowest BCUT2D eigenvalue weighted by Gasteiger charge is -2.30. The van der Waals surface area contributed by atoms with E-state index < -0.39 is 0 Å². The van der Waals surface area contributed by atoms with Gasteiger partial charge in [0.2, 0.25) is 0 Å². The Morgan fingerprint density at radius 3 is 2.77 bits per heavy atom. The number of carbonyl (C=O) groups excluding carboxylic acids is 1. The van der Waals surface area contributed by atoms with Crippen LogP contribution in [0, 0.1) is 0 Å². The third-order valence-electron chi connectivity index (χ3n) is 4.74. The van der Waals surface area contributed by atoms with Gasteiger partial charge in [-0.15, -0.1) is 0 Å². The van der Waals surface area contributed by atoms with Gasteiger partial charge in [0.1, 0.15) is 0 Å². The highest BCUT2D eigenvalue weighted by Gasteiger charge is 2.21. The summed E-state index contributed by atoms with van der Waals surface area (Å²) in [6.07, 6.45) is 6.67. The van der Waals surface area contributed by atoms with Crippen LogP contribution in [0.3, 0.4) is 0 Å². The molecule has 1 aromatic carbocycles. The van der Waals surface area contributed by atoms with Crippen LogP contribution in [0.4, 0.5) is 5.69 Å². The summed E-state index contributed by atoms with van der Waals surface area (Å²) >= 11 is 0. The number of nitrogens with zero attached hydrogens (tertiary/aromatic N) is 2. The van der Waals surface area contributed by atoms with Gasteiger partial charge in [0.05, 0.1) is 24.8 Å². The van der Waals surface area contributed by atoms with Crippen LogP contribution in [0.5, 0.6) is 0 Å². The van der Waals surface area contributed by atoms with Gasteiger partial charge in [0, 0.05) is 31.2 Å². The molecule has 1 saturated heterocycles. The number of anilines is 1. The summed E-state index contributed by atoms with van der Waals surface area (Å²) in [6.45, 7) is 5.18. The molecule has 5 heteroatoms. The van der Waals surface area contributed by atoms with E-state index in [9.17, 15) is 4.79 Å². The quantitative estimate of drug-likeness (QED) is 0.827. The molecule has 0 saturated carbocycles. The second-order valence-electron chi connectivity index (χ2n) is 6.57. The molecule has 138 valence electrons. The van der Waals surface area contributed by atoms with Crippen molar-refractivity contribution < 1.29 is 9.53 Å². The molecule has 1 aromatic heterocycles. The first-order valence-electron chi connectivity index (χ1n) is 9.42. The Kier molecular flexibility index (Phi) is 6.61. The Bertz CT molecular complexity index is 699. The maximum absolute atomic E-state index is 13.1. The number of unbranched alkanes of at least 4 members (excludes halogenated alkanes) is 1. The van der Waals surface area contributed by atoms with E-state index in [1.54, 1.807) is 6.20 Å². The van der Waals surface area contributed by atoms with E-state index >= 15 is 0 Å². The Labute approximate surface area is 155 Å². The lowest BCUT2D eigenvalue weighted by Crippen LogP contribution is -2.38. The predicted octanol–water partition coefficient (Wildman–Crippen LogP) is 3.58. The van der Waals surface area contributed by atoms with Gasteiger partial charge in [-0.1, -0.05) is 38.0 Å². The maximum atomic E-state index is 13.1. The van der Waals surface area contributed by atoms with E-state index in [-0.39, 0.29) is 11.9 Å². The average Bonchev–Trinajstić information content (AvgIpc) is 2.72. The van der Waals surface area contributed by atoms with Crippen LogP contribution in [0.25, 0.3) is 0 Å². The normalized spacial score (nSPS) is 15.5. The van der Waals surface area contributed by atoms with E-state index in [2.05, 4.69) is 22.1 Å². The highest BCUT2D eigenvalue weighted by Crippen LogP contribution is 2.24. The molecule has 0 unspecified atom stereocenters. The first-order chi connectivity index (χ1) is 12.8. The van der Waals surface area contributed by atoms with Gasteiger partial charge in [-0.2, -0.15) is 0 Å². The van der Waals surface area contributed by atoms with Gasteiger partial charge in [0.25, 0.3) is 5.91 Å². The monoisotopic (exact) mass is 353 g/mol. The number of benzene rings is 1. The number of morpholine rings is 1. The van der Waals surface area contributed by atoms with Gasteiger partial charge >= 0.3 is 0 Å². The Morgan fingerprint density at radius 2 is 2.04 bits per heavy atom. The molecule has 1 amide bonds. The van der Waals surface area contributed by atoms with Crippen LogP contribution in [0.2, 0.25) is 0 Å². The highest BCUT2D eigenvalue weighted by molar-refractivity contribution is 6.00. The zero-order chi connectivity index (χ0) is 18.2. The molecule has 0 spiro atoms. The highest BCUT2D eigenvalue weighted by atomic mass is 16.5. The van der Waals surface area contributed by atoms with E-state index in [4.69, 9.17) is 4.74 Å². The second kappa shape index (κ2) is 9.34. The SMILES string of the molecule is CCCC[C@H](NC(=O)c1ccccc1N1CCOCC1)c1cccnc1. The standard InChI is InChI=1S/C21H27N3O2/c1-2-3-9-19(17-7-6-11-22-16-17)23-21(25)18-8-4-5-10-20(18)24-12-14-26-15-13-24/h4-8,10-11,16,19H,2-3,9,12-15H2,1H3,(H,23,25)/t19-/m0/s1. The zero-order valence-electron chi connectivity index (χ0n) is 15.4. The molecule has 1 atom stereocenters. The van der Waals surface area contributed by atoms with Crippen molar-refractivity contribution >= 4 is 11.6 Å². The van der Waals surface area contributed by atoms with Gasteiger partial charge < -0.3 is 15.0 Å². The molecule has 2 aromatic rings. The topological polar surface area (TPSA) is 54.5 Å². The Morgan fingerprint density at radius 1 is 1.23 bits per heavy atom. The van der Waals surface area contributed by atoms with Crippen LogP contribution in [0.15, 0.2) is 48.8 Å². The fourth-order valence-electron chi connectivity index (χ4n) is 3.29. The van der Waals surface area contributed by atoms with Crippen molar-refractivity contribution in [3.63, 3.8) is 0 Å². The molecule has 3 rings (SSSR count). The molecular formula is C21H27N3O2.